The lowest BCUT2D eigenvalue weighted by Crippen LogP contribution is -2.70. The summed E-state index contributed by atoms with van der Waals surface area (Å²) in [6.45, 7) is 4.61. The monoisotopic (exact) mass is 1090 g/mol. The van der Waals surface area contributed by atoms with Crippen LogP contribution in [0.2, 0.25) is 20.1 Å². The summed E-state index contributed by atoms with van der Waals surface area (Å²) in [4.78, 5) is 90.2. The molecule has 4 aromatic carbocycles. The molecule has 2 aromatic heterocycles. The topological polar surface area (TPSA) is 230 Å². The van der Waals surface area contributed by atoms with Crippen LogP contribution in [0, 0.1) is 0 Å². The minimum Gasteiger partial charge on any atom is -0.489 e. The zero-order valence-electron chi connectivity index (χ0n) is 38.6. The van der Waals surface area contributed by atoms with Crippen molar-refractivity contribution in [2.24, 2.45) is 0 Å². The van der Waals surface area contributed by atoms with Crippen LogP contribution in [0.4, 0.5) is 0 Å². The Morgan fingerprint density at radius 2 is 1.32 bits per heavy atom. The van der Waals surface area contributed by atoms with Gasteiger partial charge in [-0.1, -0.05) is 65.1 Å². The number of carbonyl (C=O) groups excluding carboxylic acids is 4. The van der Waals surface area contributed by atoms with E-state index in [4.69, 9.17) is 74.8 Å². The maximum absolute atomic E-state index is 13.2. The molecule has 8 rings (SSSR count). The number of carbonyl (C=O) groups is 4. The average Bonchev–Trinajstić information content (AvgIpc) is 3.38. The molecular formula is C50H44Cl4N6O12S. The van der Waals surface area contributed by atoms with Gasteiger partial charge in [0.15, 0.2) is 6.29 Å². The molecule has 23 heteroatoms. The number of aromatic nitrogens is 4. The Morgan fingerprint density at radius 3 is 1.89 bits per heavy atom. The second-order valence-electron chi connectivity index (χ2n) is 15.5. The highest BCUT2D eigenvalue weighted by Crippen LogP contribution is 2.41. The number of H-pyrrole nitrogens is 2. The number of rotatable bonds is 21. The number of fused-ring (bicyclic) bond motifs is 3. The number of allylic oxidation sites excluding steroid dienone is 1. The van der Waals surface area contributed by atoms with Crippen molar-refractivity contribution in [3.8, 4) is 34.3 Å². The van der Waals surface area contributed by atoms with Crippen LogP contribution in [0.1, 0.15) is 0 Å². The van der Waals surface area contributed by atoms with Gasteiger partial charge in [-0.05, 0) is 84.4 Å². The van der Waals surface area contributed by atoms with E-state index in [9.17, 15) is 28.8 Å². The van der Waals surface area contributed by atoms with Gasteiger partial charge in [-0.2, -0.15) is 0 Å². The van der Waals surface area contributed by atoms with Crippen molar-refractivity contribution in [2.45, 2.75) is 11.4 Å². The zero-order chi connectivity index (χ0) is 52.0. The molecule has 2 aliphatic heterocycles. The molecule has 0 radical (unpaired) electrons. The van der Waals surface area contributed by atoms with Crippen molar-refractivity contribution in [1.29, 1.82) is 0 Å². The average molecular weight is 1090 g/mol. The van der Waals surface area contributed by atoms with Crippen molar-refractivity contribution in [2.75, 3.05) is 65.7 Å². The van der Waals surface area contributed by atoms with Gasteiger partial charge < -0.3 is 43.7 Å². The van der Waals surface area contributed by atoms with Crippen LogP contribution >= 0.6 is 58.2 Å². The number of amides is 2. The number of benzene rings is 4. The normalized spacial score (nSPS) is 15.1. The lowest BCUT2D eigenvalue weighted by Gasteiger charge is -2.49. The van der Waals surface area contributed by atoms with Crippen LogP contribution in [0.5, 0.6) is 11.5 Å². The Morgan fingerprint density at radius 1 is 0.767 bits per heavy atom. The van der Waals surface area contributed by atoms with E-state index in [1.54, 1.807) is 92.1 Å². The maximum Gasteiger partial charge on any atom is 0.355 e. The number of β-lactam (4-membered cyclic amide) rings is 1. The molecule has 2 atom stereocenters. The number of nitrogens with one attached hydrogen (secondary N) is 3. The van der Waals surface area contributed by atoms with E-state index in [0.717, 1.165) is 0 Å². The lowest BCUT2D eigenvalue weighted by molar-refractivity contribution is -0.152. The molecular weight excluding hydrogens is 1050 g/mol. The summed E-state index contributed by atoms with van der Waals surface area (Å²) in [5.41, 5.74) is 1.82. The number of aromatic amines is 2. The van der Waals surface area contributed by atoms with Gasteiger partial charge in [0.25, 0.3) is 17.0 Å². The van der Waals surface area contributed by atoms with Crippen LogP contribution in [-0.4, -0.2) is 126 Å². The Labute approximate surface area is 440 Å². The molecule has 0 bridgehead atoms. The highest BCUT2D eigenvalue weighted by Gasteiger charge is 2.54. The van der Waals surface area contributed by atoms with E-state index in [1.165, 1.54) is 22.7 Å². The molecule has 0 spiro atoms. The van der Waals surface area contributed by atoms with Crippen molar-refractivity contribution in [3.63, 3.8) is 0 Å². The Balaban J connectivity index is 0.000000281. The Hall–Kier alpha value is -6.55. The first-order valence-corrected chi connectivity index (χ1v) is 24.6. The van der Waals surface area contributed by atoms with Crippen LogP contribution in [0.15, 0.2) is 118 Å². The summed E-state index contributed by atoms with van der Waals surface area (Å²) in [6, 6.07) is 18.7. The number of hydrogen-bond donors (Lipinski definition) is 3. The number of hydrogen-bond acceptors (Lipinski definition) is 15. The fraction of sp³-hybridized carbons (Fsp3) is 0.240. The third-order valence-electron chi connectivity index (χ3n) is 10.6. The van der Waals surface area contributed by atoms with Crippen LogP contribution in [0.25, 0.3) is 44.6 Å². The molecule has 2 aliphatic rings. The number of methoxy groups -OCH3 is 1. The van der Waals surface area contributed by atoms with Gasteiger partial charge in [-0.15, -0.1) is 11.8 Å². The van der Waals surface area contributed by atoms with Crippen LogP contribution in [0.3, 0.4) is 0 Å². The molecule has 6 aromatic rings. The highest BCUT2D eigenvalue weighted by molar-refractivity contribution is 8.00. The number of halogens is 4. The molecule has 0 aliphatic carbocycles. The molecule has 1 saturated heterocycles. The van der Waals surface area contributed by atoms with Gasteiger partial charge in [0.05, 0.1) is 59.4 Å². The number of thioether (sulfide) groups is 1. The largest absolute Gasteiger partial charge is 0.489 e. The van der Waals surface area contributed by atoms with E-state index in [-0.39, 0.29) is 55.7 Å². The van der Waals surface area contributed by atoms with E-state index < -0.39 is 29.2 Å². The summed E-state index contributed by atoms with van der Waals surface area (Å²) in [6.07, 6.45) is 5.44. The summed E-state index contributed by atoms with van der Waals surface area (Å²) < 4.78 is 32.2. The lowest BCUT2D eigenvalue weighted by atomic mass is 10.0. The number of aldehydes is 1. The van der Waals surface area contributed by atoms with Gasteiger partial charge in [-0.3, -0.25) is 28.9 Å². The van der Waals surface area contributed by atoms with Crippen molar-refractivity contribution < 1.29 is 47.6 Å². The summed E-state index contributed by atoms with van der Waals surface area (Å²) in [7, 11) is 1.57. The summed E-state index contributed by atoms with van der Waals surface area (Å²) in [5, 5.41) is 4.65. The smallest absolute Gasteiger partial charge is 0.355 e. The predicted molar refractivity (Wildman–Crippen MR) is 279 cm³/mol. The molecule has 4 heterocycles. The SMILES string of the molecule is C=CCOC(=O)C1=C(/C=C/COc2ccc(Cl)cc2-c2nc3ccc(Cl)cc3c(=O)[nH]2)CSC2[C@H](NC(=O)COCCOCCOC)C(=O)N12.O=CCOc1ccc(Cl)cc1-c1nc2ccc(Cl)cc2c(=O)[nH]1. The molecule has 1 fully saturated rings. The van der Waals surface area contributed by atoms with Gasteiger partial charge in [0, 0.05) is 33.0 Å². The van der Waals surface area contributed by atoms with Gasteiger partial charge >= 0.3 is 5.97 Å². The van der Waals surface area contributed by atoms with Crippen LogP contribution in [-0.2, 0) is 38.1 Å². The second-order valence-corrected chi connectivity index (χ2v) is 18.3. The summed E-state index contributed by atoms with van der Waals surface area (Å²) >= 11 is 25.6. The Bertz CT molecular complexity index is 3240. The quantitative estimate of drug-likeness (QED) is 0.0210. The predicted octanol–water partition coefficient (Wildman–Crippen LogP) is 7.37. The minimum atomic E-state index is -0.833. The standard InChI is InChI=1S/C34H34Cl2N4O9S.C16H10Cl2N2O3/c1-3-10-49-34(44)29-20(19-50-33-28(32(43)40(29)33)38-27(41)18-47-15-14-46-13-12-45-2)5-4-11-48-26-9-7-22(36)17-24(26)30-37-25-8-6-21(35)16-23(25)31(42)39-30;17-9-1-3-13-11(7-9)16(22)20-15(19-13)12-8-10(18)2-4-14(12)23-6-5-21/h3-9,16-17,28,33H,1,10-15,18-19H2,2H3,(H,38,41)(H,37,39,42);1-5,7-8H,6H2,(H,19,20,22)/b5-4+;/t28-,33?;/m1./s1. The van der Waals surface area contributed by atoms with Crippen LogP contribution < -0.4 is 25.9 Å². The minimum absolute atomic E-state index is 0.0494. The molecule has 18 nitrogen and oxygen atoms in total. The first-order valence-electron chi connectivity index (χ1n) is 22.0. The van der Waals surface area contributed by atoms with Gasteiger partial charge in [0.1, 0.15) is 66.7 Å². The molecule has 1 unspecified atom stereocenters. The van der Waals surface area contributed by atoms with Crippen molar-refractivity contribution in [3.05, 3.63) is 150 Å². The molecule has 0 saturated carbocycles. The highest BCUT2D eigenvalue weighted by atomic mass is 35.5. The summed E-state index contributed by atoms with van der Waals surface area (Å²) in [5.74, 6) is 0.0984. The first-order chi connectivity index (χ1) is 35.3. The number of ether oxygens (including phenoxy) is 6. The fourth-order valence-electron chi connectivity index (χ4n) is 7.26. The van der Waals surface area contributed by atoms with E-state index >= 15 is 0 Å². The third kappa shape index (κ3) is 13.7. The van der Waals surface area contributed by atoms with Gasteiger partial charge in [-0.25, -0.2) is 14.8 Å². The van der Waals surface area contributed by atoms with E-state index in [0.29, 0.717) is 108 Å². The van der Waals surface area contributed by atoms with E-state index in [1.807, 2.05) is 0 Å². The third-order valence-corrected chi connectivity index (χ3v) is 12.8. The van der Waals surface area contributed by atoms with Gasteiger partial charge in [0.2, 0.25) is 5.91 Å². The zero-order valence-corrected chi connectivity index (χ0v) is 42.5. The number of nitrogens with zero attached hydrogens (tertiary/aromatic N) is 3. The number of esters is 1. The molecule has 3 N–H and O–H groups in total. The molecule has 73 heavy (non-hydrogen) atoms. The second kappa shape index (κ2) is 25.9. The van der Waals surface area contributed by atoms with Crippen molar-refractivity contribution in [1.82, 2.24) is 30.2 Å². The molecule has 380 valence electrons. The maximum atomic E-state index is 13.2. The molecule has 2 amide bonds. The first kappa shape index (κ1) is 54.2. The fourth-order valence-corrected chi connectivity index (χ4v) is 9.27. The Kier molecular flexibility index (Phi) is 19.2. The van der Waals surface area contributed by atoms with E-state index in [2.05, 4.69) is 31.8 Å². The van der Waals surface area contributed by atoms with Crippen molar-refractivity contribution >= 4 is 104 Å².